The normalized spacial score (nSPS) is 11.0. The Bertz CT molecular complexity index is 855. The second-order valence-corrected chi connectivity index (χ2v) is 7.99. The Morgan fingerprint density at radius 3 is 2.56 bits per heavy atom. The molecule has 25 heavy (non-hydrogen) atoms. The highest BCUT2D eigenvalue weighted by molar-refractivity contribution is 9.10. The highest BCUT2D eigenvalue weighted by Gasteiger charge is 2.21. The molecule has 8 heteroatoms. The number of carbonyl (C=O) groups is 1. The van der Waals surface area contributed by atoms with E-state index in [9.17, 15) is 13.2 Å². The van der Waals surface area contributed by atoms with E-state index in [2.05, 4.69) is 21.2 Å². The molecule has 0 saturated heterocycles. The Kier molecular flexibility index (Phi) is 6.44. The maximum Gasteiger partial charge on any atom is 0.245 e. The minimum Gasteiger partial charge on any atom is -0.494 e. The van der Waals surface area contributed by atoms with Crippen molar-refractivity contribution in [3.63, 3.8) is 0 Å². The molecule has 0 bridgehead atoms. The van der Waals surface area contributed by atoms with E-state index in [1.54, 1.807) is 42.5 Å². The number of sulfonamides is 1. The van der Waals surface area contributed by atoms with Gasteiger partial charge in [-0.3, -0.25) is 9.10 Å². The molecule has 2 rings (SSSR count). The number of rotatable bonds is 7. The Labute approximate surface area is 156 Å². The first kappa shape index (κ1) is 19.3. The lowest BCUT2D eigenvalue weighted by Crippen LogP contribution is -2.37. The lowest BCUT2D eigenvalue weighted by atomic mass is 10.3. The molecular formula is C17H19BrN2O4S. The van der Waals surface area contributed by atoms with Gasteiger partial charge in [-0.2, -0.15) is 0 Å². The number of anilines is 2. The van der Waals surface area contributed by atoms with Crippen LogP contribution in [0.3, 0.4) is 0 Å². The number of hydrogen-bond donors (Lipinski definition) is 1. The molecule has 0 radical (unpaired) electrons. The summed E-state index contributed by atoms with van der Waals surface area (Å²) in [5.41, 5.74) is 0.944. The number of carbonyl (C=O) groups excluding carboxylic acids is 1. The Morgan fingerprint density at radius 2 is 1.92 bits per heavy atom. The van der Waals surface area contributed by atoms with E-state index in [1.165, 1.54) is 0 Å². The van der Waals surface area contributed by atoms with Crippen LogP contribution in [0.1, 0.15) is 6.92 Å². The van der Waals surface area contributed by atoms with E-state index in [0.29, 0.717) is 28.2 Å². The summed E-state index contributed by atoms with van der Waals surface area (Å²) in [5, 5.41) is 2.70. The van der Waals surface area contributed by atoms with Crippen molar-refractivity contribution in [1.82, 2.24) is 0 Å². The number of nitrogens with one attached hydrogen (secondary N) is 1. The minimum absolute atomic E-state index is 0.338. The average molecular weight is 427 g/mol. The molecule has 0 unspecified atom stereocenters. The largest absolute Gasteiger partial charge is 0.494 e. The van der Waals surface area contributed by atoms with E-state index in [1.807, 2.05) is 13.0 Å². The molecule has 0 atom stereocenters. The molecule has 0 aromatic heterocycles. The van der Waals surface area contributed by atoms with E-state index in [-0.39, 0.29) is 6.54 Å². The summed E-state index contributed by atoms with van der Waals surface area (Å²) in [6, 6.07) is 13.7. The number of benzene rings is 2. The zero-order valence-corrected chi connectivity index (χ0v) is 16.3. The highest BCUT2D eigenvalue weighted by atomic mass is 79.9. The quantitative estimate of drug-likeness (QED) is 0.736. The van der Waals surface area contributed by atoms with Gasteiger partial charge < -0.3 is 10.1 Å². The van der Waals surface area contributed by atoms with Crippen LogP contribution in [0.25, 0.3) is 0 Å². The van der Waals surface area contributed by atoms with Crippen LogP contribution in [0, 0.1) is 0 Å². The van der Waals surface area contributed by atoms with Crippen molar-refractivity contribution in [2.75, 3.05) is 29.0 Å². The number of halogens is 1. The van der Waals surface area contributed by atoms with Crippen molar-refractivity contribution >= 4 is 43.2 Å². The summed E-state index contributed by atoms with van der Waals surface area (Å²) in [4.78, 5) is 12.3. The van der Waals surface area contributed by atoms with E-state index >= 15 is 0 Å². The summed E-state index contributed by atoms with van der Waals surface area (Å²) < 4.78 is 31.5. The van der Waals surface area contributed by atoms with Crippen molar-refractivity contribution in [3.8, 4) is 5.75 Å². The summed E-state index contributed by atoms with van der Waals surface area (Å²) in [6.45, 7) is 1.97. The summed E-state index contributed by atoms with van der Waals surface area (Å²) >= 11 is 3.34. The molecule has 0 saturated carbocycles. The van der Waals surface area contributed by atoms with Crippen LogP contribution in [0.4, 0.5) is 11.4 Å². The van der Waals surface area contributed by atoms with Crippen molar-refractivity contribution < 1.29 is 17.9 Å². The zero-order valence-electron chi connectivity index (χ0n) is 13.9. The predicted octanol–water partition coefficient (Wildman–Crippen LogP) is 3.25. The van der Waals surface area contributed by atoms with Gasteiger partial charge in [0, 0.05) is 10.5 Å². The number of hydrogen-bond acceptors (Lipinski definition) is 4. The number of ether oxygens (including phenoxy) is 1. The van der Waals surface area contributed by atoms with Crippen LogP contribution in [0.15, 0.2) is 53.0 Å². The summed E-state index contributed by atoms with van der Waals surface area (Å²) in [7, 11) is -3.64. The molecule has 1 N–H and O–H groups in total. The van der Waals surface area contributed by atoms with Crippen LogP contribution in [-0.4, -0.2) is 33.7 Å². The molecule has 0 aliphatic carbocycles. The highest BCUT2D eigenvalue weighted by Crippen LogP contribution is 2.24. The van der Waals surface area contributed by atoms with Crippen molar-refractivity contribution in [2.45, 2.75) is 6.92 Å². The number of para-hydroxylation sites is 1. The van der Waals surface area contributed by atoms with Gasteiger partial charge in [-0.15, -0.1) is 0 Å². The molecule has 0 fully saturated rings. The van der Waals surface area contributed by atoms with Gasteiger partial charge in [0.05, 0.1) is 24.2 Å². The standard InChI is InChI=1S/C17H19BrN2O4S/c1-3-24-14-8-6-7-13(11-14)20(25(2,22)23)12-17(21)19-16-10-5-4-9-15(16)18/h4-11H,3,12H2,1-2H3,(H,19,21). The fourth-order valence-electron chi connectivity index (χ4n) is 2.18. The minimum atomic E-state index is -3.64. The van der Waals surface area contributed by atoms with Gasteiger partial charge in [-0.1, -0.05) is 18.2 Å². The maximum absolute atomic E-state index is 12.3. The third-order valence-corrected chi connectivity index (χ3v) is 5.08. The van der Waals surface area contributed by atoms with Crippen molar-refractivity contribution in [1.29, 1.82) is 0 Å². The molecular weight excluding hydrogens is 408 g/mol. The first-order chi connectivity index (χ1) is 11.8. The van der Waals surface area contributed by atoms with Gasteiger partial charge in [0.1, 0.15) is 12.3 Å². The molecule has 2 aromatic rings. The smallest absolute Gasteiger partial charge is 0.245 e. The van der Waals surface area contributed by atoms with E-state index in [0.717, 1.165) is 10.6 Å². The van der Waals surface area contributed by atoms with Crippen LogP contribution in [-0.2, 0) is 14.8 Å². The van der Waals surface area contributed by atoms with Crippen LogP contribution in [0.2, 0.25) is 0 Å². The lowest BCUT2D eigenvalue weighted by molar-refractivity contribution is -0.114. The lowest BCUT2D eigenvalue weighted by Gasteiger charge is -2.22. The van der Waals surface area contributed by atoms with Crippen molar-refractivity contribution in [2.24, 2.45) is 0 Å². The number of amides is 1. The fraction of sp³-hybridized carbons (Fsp3) is 0.235. The zero-order chi connectivity index (χ0) is 18.4. The van der Waals surface area contributed by atoms with Crippen LogP contribution in [0.5, 0.6) is 5.75 Å². The third kappa shape index (κ3) is 5.47. The fourth-order valence-corrected chi connectivity index (χ4v) is 3.41. The molecule has 0 heterocycles. The molecule has 0 aliphatic heterocycles. The summed E-state index contributed by atoms with van der Waals surface area (Å²) in [5.74, 6) is 0.0963. The first-order valence-electron chi connectivity index (χ1n) is 7.56. The summed E-state index contributed by atoms with van der Waals surface area (Å²) in [6.07, 6.45) is 1.06. The second-order valence-electron chi connectivity index (χ2n) is 5.23. The molecule has 2 aromatic carbocycles. The van der Waals surface area contributed by atoms with Gasteiger partial charge in [0.2, 0.25) is 15.9 Å². The van der Waals surface area contributed by atoms with E-state index in [4.69, 9.17) is 4.74 Å². The first-order valence-corrected chi connectivity index (χ1v) is 10.2. The van der Waals surface area contributed by atoms with E-state index < -0.39 is 15.9 Å². The monoisotopic (exact) mass is 426 g/mol. The Hall–Kier alpha value is -2.06. The Morgan fingerprint density at radius 1 is 1.20 bits per heavy atom. The molecule has 134 valence electrons. The van der Waals surface area contributed by atoms with Crippen LogP contribution < -0.4 is 14.4 Å². The molecule has 1 amide bonds. The Balaban J connectivity index is 2.23. The third-order valence-electron chi connectivity index (χ3n) is 3.25. The van der Waals surface area contributed by atoms with Gasteiger partial charge in [0.25, 0.3) is 0 Å². The predicted molar refractivity (Wildman–Crippen MR) is 103 cm³/mol. The second kappa shape index (κ2) is 8.35. The van der Waals surface area contributed by atoms with Gasteiger partial charge >= 0.3 is 0 Å². The van der Waals surface area contributed by atoms with Crippen LogP contribution >= 0.6 is 15.9 Å². The maximum atomic E-state index is 12.3. The molecule has 0 spiro atoms. The molecule has 0 aliphatic rings. The topological polar surface area (TPSA) is 75.7 Å². The average Bonchev–Trinajstić information content (AvgIpc) is 2.54. The SMILES string of the molecule is CCOc1cccc(N(CC(=O)Nc2ccccc2Br)S(C)(=O)=O)c1. The molecule has 6 nitrogen and oxygen atoms in total. The van der Waals surface area contributed by atoms with Gasteiger partial charge in [-0.25, -0.2) is 8.42 Å². The number of nitrogens with zero attached hydrogens (tertiary/aromatic N) is 1. The van der Waals surface area contributed by atoms with Crippen molar-refractivity contribution in [3.05, 3.63) is 53.0 Å². The van der Waals surface area contributed by atoms with Gasteiger partial charge in [-0.05, 0) is 47.1 Å². The van der Waals surface area contributed by atoms with Gasteiger partial charge in [0.15, 0.2) is 0 Å².